The lowest BCUT2D eigenvalue weighted by Crippen LogP contribution is -2.33. The highest BCUT2D eigenvalue weighted by molar-refractivity contribution is 7.85. The number of fused-ring (bicyclic) bond motifs is 3. The fraction of sp³-hybridized carbons (Fsp3) is 0.107. The Balaban J connectivity index is 0.000000221. The minimum absolute atomic E-state index is 0.178. The summed E-state index contributed by atoms with van der Waals surface area (Å²) in [6, 6.07) is 29.1. The summed E-state index contributed by atoms with van der Waals surface area (Å²) in [5, 5.41) is 7.21. The molecule has 1 aromatic heterocycles. The lowest BCUT2D eigenvalue weighted by molar-refractivity contribution is -0.664. The molecule has 0 unspecified atom stereocenters. The summed E-state index contributed by atoms with van der Waals surface area (Å²) in [5.41, 5.74) is 3.36. The van der Waals surface area contributed by atoms with E-state index in [9.17, 15) is 13.0 Å². The van der Waals surface area contributed by atoms with Gasteiger partial charge in [-0.1, -0.05) is 71.5 Å². The van der Waals surface area contributed by atoms with E-state index < -0.39 is 10.1 Å². The lowest BCUT2D eigenvalue weighted by Gasteiger charge is -2.05. The molecule has 0 spiro atoms. The smallest absolute Gasteiger partial charge is 0.264 e. The molecule has 1 N–H and O–H groups in total. The first-order chi connectivity index (χ1) is 16.9. The van der Waals surface area contributed by atoms with Gasteiger partial charge in [-0.25, -0.2) is 8.42 Å². The zero-order chi connectivity index (χ0) is 24.8. The molecule has 0 fully saturated rings. The van der Waals surface area contributed by atoms with Crippen LogP contribution in [-0.2, 0) is 16.7 Å². The van der Waals surface area contributed by atoms with Crippen molar-refractivity contribution in [2.75, 3.05) is 5.32 Å². The fourth-order valence-electron chi connectivity index (χ4n) is 3.76. The molecule has 7 heteroatoms. The molecular formula is C28H26N2O3S2. The molecule has 35 heavy (non-hydrogen) atoms. The van der Waals surface area contributed by atoms with Crippen molar-refractivity contribution in [3.05, 3.63) is 108 Å². The van der Waals surface area contributed by atoms with Crippen molar-refractivity contribution >= 4 is 54.2 Å². The van der Waals surface area contributed by atoms with Gasteiger partial charge in [0.25, 0.3) is 5.01 Å². The number of nitrogens with one attached hydrogen (secondary N) is 1. The summed E-state index contributed by atoms with van der Waals surface area (Å²) in [6.07, 6.45) is 4.18. The molecule has 5 rings (SSSR count). The first kappa shape index (κ1) is 24.6. The number of anilines is 1. The second kappa shape index (κ2) is 10.8. The number of aromatic nitrogens is 1. The average molecular weight is 503 g/mol. The summed E-state index contributed by atoms with van der Waals surface area (Å²) in [7, 11) is -4.27. The highest BCUT2D eigenvalue weighted by atomic mass is 32.2. The molecule has 0 radical (unpaired) electrons. The zero-order valence-corrected chi connectivity index (χ0v) is 21.1. The van der Waals surface area contributed by atoms with Crippen LogP contribution < -0.4 is 9.88 Å². The number of para-hydroxylation sites is 1. The number of benzene rings is 4. The molecule has 1 heterocycles. The Morgan fingerprint density at radius 2 is 1.60 bits per heavy atom. The van der Waals surface area contributed by atoms with E-state index >= 15 is 0 Å². The Morgan fingerprint density at radius 1 is 0.914 bits per heavy atom. The third kappa shape index (κ3) is 5.95. The molecule has 0 saturated heterocycles. The molecule has 4 aromatic carbocycles. The molecule has 0 atom stereocenters. The quantitative estimate of drug-likeness (QED) is 0.225. The Hall–Kier alpha value is -3.52. The van der Waals surface area contributed by atoms with Crippen molar-refractivity contribution in [1.29, 1.82) is 0 Å². The SMILES string of the molecule is CC[n+]1c(C=CNc2ccccc2)sc2ccc3ccccc3c21.Cc1ccc(S(=O)(=O)[O-])cc1. The monoisotopic (exact) mass is 502 g/mol. The first-order valence-electron chi connectivity index (χ1n) is 11.2. The van der Waals surface area contributed by atoms with Crippen LogP contribution in [0.4, 0.5) is 5.69 Å². The minimum atomic E-state index is -4.27. The summed E-state index contributed by atoms with van der Waals surface area (Å²) in [4.78, 5) is -0.178. The largest absolute Gasteiger partial charge is 0.744 e. The summed E-state index contributed by atoms with van der Waals surface area (Å²) >= 11 is 1.83. The van der Waals surface area contributed by atoms with Crippen LogP contribution in [0.3, 0.4) is 0 Å². The predicted octanol–water partition coefficient (Wildman–Crippen LogP) is 6.34. The van der Waals surface area contributed by atoms with Gasteiger partial charge in [-0.3, -0.25) is 0 Å². The average Bonchev–Trinajstić information content (AvgIpc) is 3.23. The Kier molecular flexibility index (Phi) is 7.60. The van der Waals surface area contributed by atoms with Gasteiger partial charge in [-0.15, -0.1) is 0 Å². The number of hydrogen-bond acceptors (Lipinski definition) is 5. The lowest BCUT2D eigenvalue weighted by atomic mass is 10.1. The molecule has 178 valence electrons. The Bertz CT molecular complexity index is 1570. The summed E-state index contributed by atoms with van der Waals surface area (Å²) in [5.74, 6) is 0. The van der Waals surface area contributed by atoms with Crippen LogP contribution in [0, 0.1) is 6.92 Å². The maximum absolute atomic E-state index is 10.4. The van der Waals surface area contributed by atoms with Crippen molar-refractivity contribution in [1.82, 2.24) is 0 Å². The van der Waals surface area contributed by atoms with Crippen LogP contribution in [0.5, 0.6) is 0 Å². The number of hydrogen-bond donors (Lipinski definition) is 1. The number of thiazole rings is 1. The van der Waals surface area contributed by atoms with Gasteiger partial charge >= 0.3 is 0 Å². The molecular weight excluding hydrogens is 476 g/mol. The van der Waals surface area contributed by atoms with Gasteiger partial charge < -0.3 is 9.87 Å². The van der Waals surface area contributed by atoms with Gasteiger partial charge in [0.05, 0.1) is 10.3 Å². The van der Waals surface area contributed by atoms with Gasteiger partial charge in [0, 0.05) is 18.0 Å². The maximum atomic E-state index is 10.4. The van der Waals surface area contributed by atoms with Gasteiger partial charge in [0.1, 0.15) is 21.4 Å². The van der Waals surface area contributed by atoms with E-state index in [1.807, 2.05) is 42.7 Å². The zero-order valence-electron chi connectivity index (χ0n) is 19.5. The normalized spacial score (nSPS) is 11.5. The van der Waals surface area contributed by atoms with Crippen molar-refractivity contribution in [3.8, 4) is 0 Å². The topological polar surface area (TPSA) is 73.1 Å². The standard InChI is InChI=1S/C21H18N2S.C7H8O3S/c1-2-23-20(14-15-22-17-9-4-3-5-10-17)24-19-13-12-16-8-6-7-11-18(16)21(19)23;1-6-2-4-7(5-3-6)11(8,9)10/h3-15H,2H2,1H3;2-5H,1H3,(H,8,9,10). The van der Waals surface area contributed by atoms with Crippen LogP contribution in [0.15, 0.2) is 102 Å². The molecule has 0 aliphatic heterocycles. The van der Waals surface area contributed by atoms with Crippen LogP contribution in [0.25, 0.3) is 27.1 Å². The molecule has 0 amide bonds. The molecule has 0 aliphatic rings. The van der Waals surface area contributed by atoms with E-state index in [-0.39, 0.29) is 4.90 Å². The van der Waals surface area contributed by atoms with Crippen molar-refractivity contribution < 1.29 is 17.5 Å². The van der Waals surface area contributed by atoms with E-state index in [4.69, 9.17) is 0 Å². The summed E-state index contributed by atoms with van der Waals surface area (Å²) in [6.45, 7) is 4.98. The highest BCUT2D eigenvalue weighted by Crippen LogP contribution is 2.28. The van der Waals surface area contributed by atoms with E-state index in [1.165, 1.54) is 38.1 Å². The number of aryl methyl sites for hydroxylation is 2. The van der Waals surface area contributed by atoms with Gasteiger partial charge in [0.15, 0.2) is 0 Å². The summed E-state index contributed by atoms with van der Waals surface area (Å²) < 4.78 is 34.9. The van der Waals surface area contributed by atoms with Crippen molar-refractivity contribution in [3.63, 3.8) is 0 Å². The second-order valence-electron chi connectivity index (χ2n) is 7.93. The molecule has 0 aliphatic carbocycles. The van der Waals surface area contributed by atoms with Gasteiger partial charge in [-0.2, -0.15) is 4.57 Å². The second-order valence-corrected chi connectivity index (χ2v) is 10.4. The van der Waals surface area contributed by atoms with E-state index in [1.54, 1.807) is 12.1 Å². The first-order valence-corrected chi connectivity index (χ1v) is 13.4. The van der Waals surface area contributed by atoms with Crippen LogP contribution in [-0.4, -0.2) is 13.0 Å². The van der Waals surface area contributed by atoms with Crippen LogP contribution >= 0.6 is 11.3 Å². The van der Waals surface area contributed by atoms with Crippen molar-refractivity contribution in [2.45, 2.75) is 25.3 Å². The molecule has 5 aromatic rings. The highest BCUT2D eigenvalue weighted by Gasteiger charge is 2.19. The van der Waals surface area contributed by atoms with Gasteiger partial charge in [-0.05, 0) is 55.6 Å². The Labute approximate surface area is 209 Å². The molecule has 0 bridgehead atoms. The molecule has 0 saturated carbocycles. The number of nitrogens with zero attached hydrogens (tertiary/aromatic N) is 1. The number of rotatable bonds is 5. The molecule has 5 nitrogen and oxygen atoms in total. The van der Waals surface area contributed by atoms with E-state index in [0.717, 1.165) is 17.8 Å². The minimum Gasteiger partial charge on any atom is -0.744 e. The van der Waals surface area contributed by atoms with E-state index in [2.05, 4.69) is 71.4 Å². The van der Waals surface area contributed by atoms with Crippen molar-refractivity contribution in [2.24, 2.45) is 0 Å². The third-order valence-electron chi connectivity index (χ3n) is 5.49. The van der Waals surface area contributed by atoms with E-state index in [0.29, 0.717) is 0 Å². The van der Waals surface area contributed by atoms with Crippen LogP contribution in [0.1, 0.15) is 17.5 Å². The Morgan fingerprint density at radius 3 is 2.29 bits per heavy atom. The van der Waals surface area contributed by atoms with Crippen LogP contribution in [0.2, 0.25) is 0 Å². The predicted molar refractivity (Wildman–Crippen MR) is 143 cm³/mol. The van der Waals surface area contributed by atoms with Gasteiger partial charge in [0.2, 0.25) is 5.52 Å². The maximum Gasteiger partial charge on any atom is 0.264 e. The fourth-order valence-corrected chi connectivity index (χ4v) is 5.37. The third-order valence-corrected chi connectivity index (χ3v) is 7.45.